The monoisotopic (exact) mass is 336 g/mol. The van der Waals surface area contributed by atoms with Crippen LogP contribution in [0.25, 0.3) is 11.1 Å². The van der Waals surface area contributed by atoms with Crippen molar-refractivity contribution < 1.29 is 14.4 Å². The van der Waals surface area contributed by atoms with Crippen LogP contribution in [0.4, 0.5) is 5.69 Å². The molecule has 0 N–H and O–H groups in total. The summed E-state index contributed by atoms with van der Waals surface area (Å²) >= 11 is 0. The molecule has 1 heterocycles. The molecule has 0 aliphatic carbocycles. The fourth-order valence-corrected chi connectivity index (χ4v) is 2.47. The van der Waals surface area contributed by atoms with Crippen molar-refractivity contribution in [3.8, 4) is 22.8 Å². The zero-order chi connectivity index (χ0) is 17.6. The van der Waals surface area contributed by atoms with Gasteiger partial charge in [0.05, 0.1) is 17.6 Å². The first-order valence-corrected chi connectivity index (χ1v) is 7.63. The molecule has 0 fully saturated rings. The summed E-state index contributed by atoms with van der Waals surface area (Å²) in [5.74, 6) is 0.615. The largest absolute Gasteiger partial charge is 0.497 e. The minimum atomic E-state index is -0.470. The van der Waals surface area contributed by atoms with E-state index in [9.17, 15) is 10.1 Å². The first kappa shape index (κ1) is 16.4. The number of rotatable bonds is 6. The average Bonchev–Trinajstić information content (AvgIpc) is 2.66. The summed E-state index contributed by atoms with van der Waals surface area (Å²) in [6.45, 7) is 0.205. The highest BCUT2D eigenvalue weighted by Gasteiger charge is 2.24. The second-order valence-electron chi connectivity index (χ2n) is 5.28. The van der Waals surface area contributed by atoms with Gasteiger partial charge in [-0.15, -0.1) is 0 Å². The van der Waals surface area contributed by atoms with Gasteiger partial charge < -0.3 is 9.47 Å². The highest BCUT2D eigenvalue weighted by molar-refractivity contribution is 5.76. The van der Waals surface area contributed by atoms with Crippen LogP contribution in [0.5, 0.6) is 11.6 Å². The van der Waals surface area contributed by atoms with E-state index in [0.29, 0.717) is 16.9 Å². The molecule has 3 rings (SSSR count). The first-order chi connectivity index (χ1) is 12.2. The Hall–Kier alpha value is -3.41. The van der Waals surface area contributed by atoms with Crippen molar-refractivity contribution in [2.75, 3.05) is 7.11 Å². The van der Waals surface area contributed by atoms with Crippen molar-refractivity contribution in [2.45, 2.75) is 6.61 Å². The Balaban J connectivity index is 1.98. The van der Waals surface area contributed by atoms with Gasteiger partial charge in [-0.05, 0) is 29.3 Å². The maximum absolute atomic E-state index is 11.6. The molecular weight excluding hydrogens is 320 g/mol. The molecule has 0 amide bonds. The predicted molar refractivity (Wildman–Crippen MR) is 93.7 cm³/mol. The van der Waals surface area contributed by atoms with Gasteiger partial charge in [-0.1, -0.05) is 42.5 Å². The minimum Gasteiger partial charge on any atom is -0.497 e. The maximum Gasteiger partial charge on any atom is 0.338 e. The van der Waals surface area contributed by atoms with Crippen molar-refractivity contribution in [1.82, 2.24) is 4.98 Å². The van der Waals surface area contributed by atoms with Crippen molar-refractivity contribution in [3.63, 3.8) is 0 Å². The van der Waals surface area contributed by atoms with Gasteiger partial charge >= 0.3 is 5.69 Å². The number of pyridine rings is 1. The molecule has 0 spiro atoms. The van der Waals surface area contributed by atoms with E-state index in [1.807, 2.05) is 30.3 Å². The van der Waals surface area contributed by atoms with Crippen LogP contribution in [0.1, 0.15) is 5.56 Å². The molecule has 6 heteroatoms. The molecule has 0 saturated heterocycles. The summed E-state index contributed by atoms with van der Waals surface area (Å²) in [5, 5.41) is 11.6. The van der Waals surface area contributed by atoms with E-state index >= 15 is 0 Å². The van der Waals surface area contributed by atoms with Crippen LogP contribution in [0, 0.1) is 10.1 Å². The lowest BCUT2D eigenvalue weighted by Gasteiger charge is -2.10. The van der Waals surface area contributed by atoms with Gasteiger partial charge in [-0.2, -0.15) is 0 Å². The number of hydrogen-bond acceptors (Lipinski definition) is 5. The fourth-order valence-electron chi connectivity index (χ4n) is 2.47. The summed E-state index contributed by atoms with van der Waals surface area (Å²) < 4.78 is 10.8. The second kappa shape index (κ2) is 7.44. The molecule has 0 bridgehead atoms. The Labute approximate surface area is 144 Å². The summed E-state index contributed by atoms with van der Waals surface area (Å²) in [4.78, 5) is 15.2. The standard InChI is InChI=1S/C19H16N2O4/c1-24-16-9-5-8-15(12-16)17-10-11-20-19(18(17)21(22)23)25-13-14-6-3-2-4-7-14/h2-12H,13H2,1H3. The Morgan fingerprint density at radius 2 is 1.88 bits per heavy atom. The molecular formula is C19H16N2O4. The molecule has 0 aliphatic rings. The van der Waals surface area contributed by atoms with Gasteiger partial charge in [-0.25, -0.2) is 4.98 Å². The summed E-state index contributed by atoms with van der Waals surface area (Å²) in [7, 11) is 1.55. The molecule has 1 aromatic heterocycles. The lowest BCUT2D eigenvalue weighted by atomic mass is 10.0. The third-order valence-electron chi connectivity index (χ3n) is 3.67. The predicted octanol–water partition coefficient (Wildman–Crippen LogP) is 4.24. The zero-order valence-electron chi connectivity index (χ0n) is 13.6. The maximum atomic E-state index is 11.6. The Bertz CT molecular complexity index is 882. The van der Waals surface area contributed by atoms with Crippen LogP contribution in [0.15, 0.2) is 66.9 Å². The van der Waals surface area contributed by atoms with Gasteiger partial charge in [0.1, 0.15) is 12.4 Å². The molecule has 6 nitrogen and oxygen atoms in total. The number of ether oxygens (including phenoxy) is 2. The number of methoxy groups -OCH3 is 1. The highest BCUT2D eigenvalue weighted by Crippen LogP contribution is 2.37. The SMILES string of the molecule is COc1cccc(-c2ccnc(OCc3ccccc3)c2[N+](=O)[O-])c1. The summed E-state index contributed by atoms with van der Waals surface area (Å²) in [6, 6.07) is 18.1. The number of aromatic nitrogens is 1. The Morgan fingerprint density at radius 1 is 1.08 bits per heavy atom. The molecule has 0 aliphatic heterocycles. The van der Waals surface area contributed by atoms with Gasteiger partial charge in [-0.3, -0.25) is 10.1 Å². The van der Waals surface area contributed by atoms with E-state index in [0.717, 1.165) is 5.56 Å². The smallest absolute Gasteiger partial charge is 0.338 e. The van der Waals surface area contributed by atoms with Gasteiger partial charge in [0.2, 0.25) is 0 Å². The van der Waals surface area contributed by atoms with Crippen molar-refractivity contribution in [1.29, 1.82) is 0 Å². The van der Waals surface area contributed by atoms with E-state index in [-0.39, 0.29) is 18.2 Å². The van der Waals surface area contributed by atoms with Crippen LogP contribution in [0.2, 0.25) is 0 Å². The number of nitro groups is 1. The zero-order valence-corrected chi connectivity index (χ0v) is 13.6. The molecule has 25 heavy (non-hydrogen) atoms. The summed E-state index contributed by atoms with van der Waals surface area (Å²) in [5.41, 5.74) is 1.84. The topological polar surface area (TPSA) is 74.5 Å². The molecule has 0 radical (unpaired) electrons. The van der Waals surface area contributed by atoms with Gasteiger partial charge in [0.25, 0.3) is 5.88 Å². The molecule has 2 aromatic carbocycles. The number of nitrogens with zero attached hydrogens (tertiary/aromatic N) is 2. The first-order valence-electron chi connectivity index (χ1n) is 7.63. The van der Waals surface area contributed by atoms with E-state index in [1.165, 1.54) is 6.20 Å². The molecule has 0 saturated carbocycles. The van der Waals surface area contributed by atoms with Crippen LogP contribution < -0.4 is 9.47 Å². The molecule has 0 atom stereocenters. The molecule has 126 valence electrons. The van der Waals surface area contributed by atoms with Crippen LogP contribution in [0.3, 0.4) is 0 Å². The Kier molecular flexibility index (Phi) is 4.89. The minimum absolute atomic E-state index is 0.00540. The van der Waals surface area contributed by atoms with Crippen molar-refractivity contribution in [2.24, 2.45) is 0 Å². The van der Waals surface area contributed by atoms with Crippen molar-refractivity contribution >= 4 is 5.69 Å². The normalized spacial score (nSPS) is 10.3. The van der Waals surface area contributed by atoms with Gasteiger partial charge in [0, 0.05) is 6.20 Å². The number of hydrogen-bond donors (Lipinski definition) is 0. The van der Waals surface area contributed by atoms with Crippen LogP contribution >= 0.6 is 0 Å². The van der Waals surface area contributed by atoms with Crippen molar-refractivity contribution in [3.05, 3.63) is 82.5 Å². The lowest BCUT2D eigenvalue weighted by Crippen LogP contribution is -2.02. The van der Waals surface area contributed by atoms with Crippen LogP contribution in [-0.2, 0) is 6.61 Å². The van der Waals surface area contributed by atoms with E-state index < -0.39 is 4.92 Å². The fraction of sp³-hybridized carbons (Fsp3) is 0.105. The van der Waals surface area contributed by atoms with E-state index in [1.54, 1.807) is 37.4 Å². The highest BCUT2D eigenvalue weighted by atomic mass is 16.6. The Morgan fingerprint density at radius 3 is 2.60 bits per heavy atom. The van der Waals surface area contributed by atoms with Crippen LogP contribution in [-0.4, -0.2) is 17.0 Å². The number of benzene rings is 2. The third-order valence-corrected chi connectivity index (χ3v) is 3.67. The van der Waals surface area contributed by atoms with E-state index in [2.05, 4.69) is 4.98 Å². The lowest BCUT2D eigenvalue weighted by molar-refractivity contribution is -0.385. The quantitative estimate of drug-likeness (QED) is 0.497. The van der Waals surface area contributed by atoms with Gasteiger partial charge in [0.15, 0.2) is 0 Å². The molecule has 0 unspecified atom stereocenters. The van der Waals surface area contributed by atoms with E-state index in [4.69, 9.17) is 9.47 Å². The summed E-state index contributed by atoms with van der Waals surface area (Å²) in [6.07, 6.45) is 1.50. The second-order valence-corrected chi connectivity index (χ2v) is 5.28. The third kappa shape index (κ3) is 3.74. The molecule has 3 aromatic rings. The average molecular weight is 336 g/mol.